The highest BCUT2D eigenvalue weighted by atomic mass is 32.1. The maximum atomic E-state index is 14.0. The number of rotatable bonds is 3. The predicted octanol–water partition coefficient (Wildman–Crippen LogP) is 4.06. The maximum Gasteiger partial charge on any atom is 0.164 e. The number of hydrogen-bond acceptors (Lipinski definition) is 4. The molecule has 0 N–H and O–H groups in total. The lowest BCUT2D eigenvalue weighted by molar-refractivity contribution is -0.0172. The molecule has 2 aromatic rings. The highest BCUT2D eigenvalue weighted by Gasteiger charge is 2.29. The first-order valence-electron chi connectivity index (χ1n) is 7.28. The minimum atomic E-state index is -0.462. The molecule has 5 heteroatoms. The molecule has 3 nitrogen and oxygen atoms in total. The number of Topliss-reactive ketones (excluding diaryl/α,β-unsaturated/α-hetero) is 1. The first kappa shape index (κ1) is 15.2. The van der Waals surface area contributed by atoms with Crippen molar-refractivity contribution in [1.29, 1.82) is 0 Å². The smallest absolute Gasteiger partial charge is 0.164 e. The van der Waals surface area contributed by atoms with Crippen LogP contribution in [0.15, 0.2) is 35.0 Å². The number of nitrogens with zero attached hydrogens (tertiary/aromatic N) is 1. The van der Waals surface area contributed by atoms with Crippen LogP contribution in [0.4, 0.5) is 10.1 Å². The molecular weight excluding hydrogens is 301 g/mol. The zero-order valence-corrected chi connectivity index (χ0v) is 13.4. The van der Waals surface area contributed by atoms with E-state index < -0.39 is 5.82 Å². The fraction of sp³-hybridized carbons (Fsp3) is 0.353. The molecule has 0 radical (unpaired) electrons. The molecule has 1 saturated heterocycles. The summed E-state index contributed by atoms with van der Waals surface area (Å²) in [4.78, 5) is 13.9. The Balaban J connectivity index is 1.94. The van der Waals surface area contributed by atoms with Crippen molar-refractivity contribution in [3.05, 3.63) is 52.0 Å². The number of ketones is 1. The van der Waals surface area contributed by atoms with Crippen molar-refractivity contribution in [3.8, 4) is 0 Å². The van der Waals surface area contributed by atoms with E-state index in [0.29, 0.717) is 18.8 Å². The molecule has 116 valence electrons. The van der Waals surface area contributed by atoms with Crippen molar-refractivity contribution in [3.63, 3.8) is 0 Å². The first-order chi connectivity index (χ1) is 10.6. The van der Waals surface area contributed by atoms with Crippen LogP contribution in [-0.4, -0.2) is 25.0 Å². The second-order valence-corrected chi connectivity index (χ2v) is 6.37. The number of carbonyl (C=O) groups excluding carboxylic acids is 1. The molecule has 0 amide bonds. The van der Waals surface area contributed by atoms with Gasteiger partial charge in [0.2, 0.25) is 0 Å². The Kier molecular flexibility index (Phi) is 4.27. The van der Waals surface area contributed by atoms with Gasteiger partial charge < -0.3 is 9.64 Å². The third-order valence-electron chi connectivity index (χ3n) is 3.86. The van der Waals surface area contributed by atoms with Gasteiger partial charge in [-0.1, -0.05) is 6.07 Å². The number of morpholine rings is 1. The zero-order chi connectivity index (χ0) is 15.7. The Hall–Kier alpha value is -1.72. The summed E-state index contributed by atoms with van der Waals surface area (Å²) in [6.45, 7) is 4.66. The van der Waals surface area contributed by atoms with Gasteiger partial charge in [0.15, 0.2) is 5.78 Å². The molecule has 1 aliphatic rings. The molecule has 0 spiro atoms. The van der Waals surface area contributed by atoms with Crippen molar-refractivity contribution >= 4 is 22.8 Å². The third kappa shape index (κ3) is 2.91. The van der Waals surface area contributed by atoms with Gasteiger partial charge in [-0.05, 0) is 48.4 Å². The average molecular weight is 319 g/mol. The highest BCUT2D eigenvalue weighted by Crippen LogP contribution is 2.32. The van der Waals surface area contributed by atoms with Gasteiger partial charge in [0.1, 0.15) is 11.9 Å². The largest absolute Gasteiger partial charge is 0.367 e. The van der Waals surface area contributed by atoms with Crippen LogP contribution in [0.5, 0.6) is 0 Å². The number of hydrogen-bond donors (Lipinski definition) is 0. The molecule has 1 aromatic carbocycles. The molecule has 0 saturated carbocycles. The number of benzene rings is 1. The number of anilines is 1. The number of carbonyl (C=O) groups is 1. The molecule has 0 bridgehead atoms. The van der Waals surface area contributed by atoms with E-state index in [1.165, 1.54) is 13.0 Å². The van der Waals surface area contributed by atoms with Crippen molar-refractivity contribution in [2.75, 3.05) is 18.0 Å². The van der Waals surface area contributed by atoms with Crippen LogP contribution < -0.4 is 4.90 Å². The van der Waals surface area contributed by atoms with Crippen LogP contribution in [0.1, 0.15) is 35.9 Å². The Morgan fingerprint density at radius 3 is 2.86 bits per heavy atom. The third-order valence-corrected chi connectivity index (χ3v) is 4.56. The van der Waals surface area contributed by atoms with E-state index in [9.17, 15) is 9.18 Å². The van der Waals surface area contributed by atoms with Gasteiger partial charge in [-0.15, -0.1) is 0 Å². The van der Waals surface area contributed by atoms with Crippen molar-refractivity contribution in [2.45, 2.75) is 26.1 Å². The summed E-state index contributed by atoms with van der Waals surface area (Å²) in [5.41, 5.74) is 1.95. The summed E-state index contributed by atoms with van der Waals surface area (Å²) < 4.78 is 20.0. The van der Waals surface area contributed by atoms with E-state index in [-0.39, 0.29) is 23.6 Å². The molecular formula is C17H18FNO2S. The molecule has 0 unspecified atom stereocenters. The van der Waals surface area contributed by atoms with Gasteiger partial charge in [0.05, 0.1) is 17.4 Å². The monoisotopic (exact) mass is 319 g/mol. The lowest BCUT2D eigenvalue weighted by Gasteiger charge is -2.38. The minimum Gasteiger partial charge on any atom is -0.367 e. The van der Waals surface area contributed by atoms with Gasteiger partial charge in [-0.3, -0.25) is 4.79 Å². The summed E-state index contributed by atoms with van der Waals surface area (Å²) in [7, 11) is 0. The summed E-state index contributed by atoms with van der Waals surface area (Å²) in [6, 6.07) is 6.84. The van der Waals surface area contributed by atoms with Gasteiger partial charge >= 0.3 is 0 Å². The van der Waals surface area contributed by atoms with E-state index >= 15 is 0 Å². The standard InChI is InChI=1S/C17H18FNO2S/c1-11-8-19(9-16(21-11)13-6-7-22-10-13)15-5-3-4-14(18)17(15)12(2)20/h3-7,10-11,16H,8-9H2,1-2H3/t11-,16-/m0/s1. The van der Waals surface area contributed by atoms with Gasteiger partial charge in [0, 0.05) is 13.1 Å². The highest BCUT2D eigenvalue weighted by molar-refractivity contribution is 7.07. The van der Waals surface area contributed by atoms with Gasteiger partial charge in [-0.25, -0.2) is 4.39 Å². The topological polar surface area (TPSA) is 29.5 Å². The molecule has 1 aromatic heterocycles. The van der Waals surface area contributed by atoms with E-state index in [1.807, 2.05) is 24.4 Å². The minimum absolute atomic E-state index is 0.0155. The quantitative estimate of drug-likeness (QED) is 0.799. The van der Waals surface area contributed by atoms with Crippen LogP contribution >= 0.6 is 11.3 Å². The summed E-state index contributed by atoms with van der Waals surface area (Å²) >= 11 is 1.63. The average Bonchev–Trinajstić information content (AvgIpc) is 3.00. The zero-order valence-electron chi connectivity index (χ0n) is 12.6. The molecule has 2 atom stereocenters. The van der Waals surface area contributed by atoms with E-state index in [2.05, 4.69) is 10.3 Å². The second-order valence-electron chi connectivity index (χ2n) is 5.59. The fourth-order valence-corrected chi connectivity index (χ4v) is 3.62. The lowest BCUT2D eigenvalue weighted by atomic mass is 10.0. The summed E-state index contributed by atoms with van der Waals surface area (Å²) in [5, 5.41) is 4.09. The normalized spacial score (nSPS) is 21.9. The van der Waals surface area contributed by atoms with Crippen LogP contribution in [0.2, 0.25) is 0 Å². The van der Waals surface area contributed by atoms with Gasteiger partial charge in [-0.2, -0.15) is 11.3 Å². The summed E-state index contributed by atoms with van der Waals surface area (Å²) in [6.07, 6.45) is -0.0419. The van der Waals surface area contributed by atoms with Crippen LogP contribution in [0.3, 0.4) is 0 Å². The summed E-state index contributed by atoms with van der Waals surface area (Å²) in [5.74, 6) is -0.712. The van der Waals surface area contributed by atoms with Crippen LogP contribution in [0.25, 0.3) is 0 Å². The van der Waals surface area contributed by atoms with Crippen molar-refractivity contribution in [1.82, 2.24) is 0 Å². The molecule has 1 fully saturated rings. The molecule has 1 aliphatic heterocycles. The molecule has 0 aliphatic carbocycles. The number of thiophene rings is 1. The van der Waals surface area contributed by atoms with E-state index in [4.69, 9.17) is 4.74 Å². The Bertz CT molecular complexity index is 671. The predicted molar refractivity (Wildman–Crippen MR) is 86.2 cm³/mol. The molecule has 22 heavy (non-hydrogen) atoms. The molecule has 3 rings (SSSR count). The number of halogens is 1. The van der Waals surface area contributed by atoms with Crippen molar-refractivity contribution < 1.29 is 13.9 Å². The van der Waals surface area contributed by atoms with Crippen LogP contribution in [0, 0.1) is 5.82 Å². The lowest BCUT2D eigenvalue weighted by Crippen LogP contribution is -2.43. The SMILES string of the molecule is CC(=O)c1c(F)cccc1N1C[C@@H](c2ccsc2)O[C@@H](C)C1. The Labute approximate surface area is 133 Å². The first-order valence-corrected chi connectivity index (χ1v) is 8.22. The van der Waals surface area contributed by atoms with E-state index in [1.54, 1.807) is 17.4 Å². The fourth-order valence-electron chi connectivity index (χ4n) is 2.92. The van der Waals surface area contributed by atoms with Crippen molar-refractivity contribution in [2.24, 2.45) is 0 Å². The Morgan fingerprint density at radius 2 is 2.18 bits per heavy atom. The van der Waals surface area contributed by atoms with Gasteiger partial charge in [0.25, 0.3) is 0 Å². The molecule has 2 heterocycles. The second kappa shape index (κ2) is 6.18. The number of ether oxygens (including phenoxy) is 1. The Morgan fingerprint density at radius 1 is 1.36 bits per heavy atom. The van der Waals surface area contributed by atoms with E-state index in [0.717, 1.165) is 5.56 Å². The maximum absolute atomic E-state index is 14.0. The van der Waals surface area contributed by atoms with Crippen LogP contribution in [-0.2, 0) is 4.74 Å².